The van der Waals surface area contributed by atoms with E-state index in [-0.39, 0.29) is 11.4 Å². The lowest BCUT2D eigenvalue weighted by molar-refractivity contribution is 0.384. The molecule has 0 spiro atoms. The van der Waals surface area contributed by atoms with Crippen molar-refractivity contribution in [3.05, 3.63) is 75.9 Å². The number of hydrogen-bond donors (Lipinski definition) is 0. The second kappa shape index (κ2) is 8.16. The minimum Gasteiger partial charge on any atom is -0.338 e. The molecule has 0 amide bonds. The molecule has 0 atom stereocenters. The van der Waals surface area contributed by atoms with Gasteiger partial charge in [-0.2, -0.15) is 4.98 Å². The SMILES string of the molecule is CCCc1noc(CSc2nc3ccccc3c(=O)n2-c2ccc(C)c(F)c2)n1. The molecule has 2 aromatic heterocycles. The molecule has 0 bridgehead atoms. The molecule has 0 unspecified atom stereocenters. The molecule has 0 aliphatic carbocycles. The zero-order valence-corrected chi connectivity index (χ0v) is 16.9. The van der Waals surface area contributed by atoms with E-state index in [9.17, 15) is 9.18 Å². The van der Waals surface area contributed by atoms with Gasteiger partial charge in [-0.25, -0.2) is 9.37 Å². The molecule has 8 heteroatoms. The minimum atomic E-state index is -0.375. The van der Waals surface area contributed by atoms with Gasteiger partial charge in [0.05, 0.1) is 22.3 Å². The van der Waals surface area contributed by atoms with Gasteiger partial charge < -0.3 is 4.52 Å². The van der Waals surface area contributed by atoms with Crippen molar-refractivity contribution in [2.45, 2.75) is 37.6 Å². The van der Waals surface area contributed by atoms with Crippen molar-refractivity contribution in [1.82, 2.24) is 19.7 Å². The van der Waals surface area contributed by atoms with Crippen molar-refractivity contribution < 1.29 is 8.91 Å². The second-order valence-corrected chi connectivity index (χ2v) is 7.57. The molecule has 2 heterocycles. The number of aryl methyl sites for hydroxylation is 2. The lowest BCUT2D eigenvalue weighted by atomic mass is 10.2. The lowest BCUT2D eigenvalue weighted by Crippen LogP contribution is -2.22. The van der Waals surface area contributed by atoms with Crippen LogP contribution in [0.1, 0.15) is 30.6 Å². The van der Waals surface area contributed by atoms with Crippen LogP contribution in [0.15, 0.2) is 56.9 Å². The molecule has 0 aliphatic rings. The summed E-state index contributed by atoms with van der Waals surface area (Å²) >= 11 is 1.30. The maximum absolute atomic E-state index is 14.2. The number of para-hydroxylation sites is 1. The van der Waals surface area contributed by atoms with Gasteiger partial charge in [0, 0.05) is 6.42 Å². The Hall–Kier alpha value is -3.00. The predicted octanol–water partition coefficient (Wildman–Crippen LogP) is 4.46. The van der Waals surface area contributed by atoms with E-state index in [1.165, 1.54) is 22.4 Å². The number of rotatable bonds is 6. The molecule has 4 aromatic rings. The lowest BCUT2D eigenvalue weighted by Gasteiger charge is -2.13. The first kappa shape index (κ1) is 19.3. The highest BCUT2D eigenvalue weighted by Crippen LogP contribution is 2.25. The van der Waals surface area contributed by atoms with E-state index in [1.807, 2.05) is 13.0 Å². The fourth-order valence-corrected chi connectivity index (χ4v) is 3.81. The summed E-state index contributed by atoms with van der Waals surface area (Å²) in [5, 5.41) is 4.86. The monoisotopic (exact) mass is 410 g/mol. The van der Waals surface area contributed by atoms with Crippen LogP contribution in [0.2, 0.25) is 0 Å². The minimum absolute atomic E-state index is 0.251. The number of nitrogens with zero attached hydrogens (tertiary/aromatic N) is 4. The van der Waals surface area contributed by atoms with Crippen molar-refractivity contribution in [1.29, 1.82) is 0 Å². The molecule has 0 N–H and O–H groups in total. The molecule has 6 nitrogen and oxygen atoms in total. The van der Waals surface area contributed by atoms with E-state index in [2.05, 4.69) is 15.1 Å². The molecule has 0 saturated carbocycles. The predicted molar refractivity (Wildman–Crippen MR) is 110 cm³/mol. The fraction of sp³-hybridized carbons (Fsp3) is 0.238. The van der Waals surface area contributed by atoms with Crippen LogP contribution in [0.5, 0.6) is 0 Å². The Labute approximate surface area is 170 Å². The van der Waals surface area contributed by atoms with E-state index in [0.717, 1.165) is 12.8 Å². The maximum atomic E-state index is 14.2. The van der Waals surface area contributed by atoms with Gasteiger partial charge in [-0.1, -0.05) is 42.0 Å². The maximum Gasteiger partial charge on any atom is 0.266 e. The summed E-state index contributed by atoms with van der Waals surface area (Å²) in [6.45, 7) is 3.73. The van der Waals surface area contributed by atoms with Crippen LogP contribution in [0, 0.1) is 12.7 Å². The number of thioether (sulfide) groups is 1. The Morgan fingerprint density at radius 1 is 1.17 bits per heavy atom. The van der Waals surface area contributed by atoms with Crippen molar-refractivity contribution in [2.24, 2.45) is 0 Å². The molecule has 29 heavy (non-hydrogen) atoms. The molecule has 0 aliphatic heterocycles. The highest BCUT2D eigenvalue weighted by Gasteiger charge is 2.16. The third kappa shape index (κ3) is 3.93. The molecular weight excluding hydrogens is 391 g/mol. The summed E-state index contributed by atoms with van der Waals surface area (Å²) in [6.07, 6.45) is 1.67. The highest BCUT2D eigenvalue weighted by molar-refractivity contribution is 7.98. The summed E-state index contributed by atoms with van der Waals surface area (Å²) < 4.78 is 20.9. The number of hydrogen-bond acceptors (Lipinski definition) is 6. The summed E-state index contributed by atoms with van der Waals surface area (Å²) in [4.78, 5) is 22.2. The molecule has 0 radical (unpaired) electrons. The van der Waals surface area contributed by atoms with Gasteiger partial charge in [-0.15, -0.1) is 0 Å². The Balaban J connectivity index is 1.78. The average Bonchev–Trinajstić information content (AvgIpc) is 3.17. The Morgan fingerprint density at radius 3 is 2.79 bits per heavy atom. The van der Waals surface area contributed by atoms with Crippen LogP contribution in [-0.4, -0.2) is 19.7 Å². The van der Waals surface area contributed by atoms with Crippen molar-refractivity contribution in [3.8, 4) is 5.69 Å². The number of fused-ring (bicyclic) bond motifs is 1. The van der Waals surface area contributed by atoms with Gasteiger partial charge in [0.15, 0.2) is 11.0 Å². The summed E-state index contributed by atoms with van der Waals surface area (Å²) in [6, 6.07) is 11.8. The topological polar surface area (TPSA) is 73.8 Å². The normalized spacial score (nSPS) is 11.3. The highest BCUT2D eigenvalue weighted by atomic mass is 32.2. The van der Waals surface area contributed by atoms with E-state index in [1.54, 1.807) is 37.3 Å². The van der Waals surface area contributed by atoms with E-state index in [4.69, 9.17) is 4.52 Å². The van der Waals surface area contributed by atoms with E-state index >= 15 is 0 Å². The fourth-order valence-electron chi connectivity index (χ4n) is 2.96. The summed E-state index contributed by atoms with van der Waals surface area (Å²) in [7, 11) is 0. The van der Waals surface area contributed by atoms with Crippen molar-refractivity contribution in [2.75, 3.05) is 0 Å². The van der Waals surface area contributed by atoms with Crippen LogP contribution < -0.4 is 5.56 Å². The van der Waals surface area contributed by atoms with Crippen molar-refractivity contribution in [3.63, 3.8) is 0 Å². The van der Waals surface area contributed by atoms with Crippen LogP contribution in [0.25, 0.3) is 16.6 Å². The molecule has 0 saturated heterocycles. The van der Waals surface area contributed by atoms with Gasteiger partial charge in [0.2, 0.25) is 5.89 Å². The first-order chi connectivity index (χ1) is 14.1. The summed E-state index contributed by atoms with van der Waals surface area (Å²) in [5.74, 6) is 1.10. The first-order valence-corrected chi connectivity index (χ1v) is 10.3. The van der Waals surface area contributed by atoms with Gasteiger partial charge in [-0.05, 0) is 43.2 Å². The second-order valence-electron chi connectivity index (χ2n) is 6.63. The Kier molecular flexibility index (Phi) is 5.44. The van der Waals surface area contributed by atoms with Gasteiger partial charge in [-0.3, -0.25) is 9.36 Å². The molecule has 4 rings (SSSR count). The van der Waals surface area contributed by atoms with Gasteiger partial charge >= 0.3 is 0 Å². The Morgan fingerprint density at radius 2 is 2.00 bits per heavy atom. The zero-order chi connectivity index (χ0) is 20.4. The van der Waals surface area contributed by atoms with Crippen LogP contribution in [-0.2, 0) is 12.2 Å². The molecule has 148 valence electrons. The number of benzene rings is 2. The van der Waals surface area contributed by atoms with Crippen LogP contribution in [0.4, 0.5) is 4.39 Å². The molecule has 0 fully saturated rings. The zero-order valence-electron chi connectivity index (χ0n) is 16.1. The van der Waals surface area contributed by atoms with E-state index < -0.39 is 0 Å². The summed E-state index contributed by atoms with van der Waals surface area (Å²) in [5.41, 5.74) is 1.27. The Bertz CT molecular complexity index is 1240. The third-order valence-electron chi connectivity index (χ3n) is 4.47. The number of aromatic nitrogens is 4. The average molecular weight is 410 g/mol. The smallest absolute Gasteiger partial charge is 0.266 e. The molecular formula is C21H19FN4O2S. The van der Waals surface area contributed by atoms with Gasteiger partial charge in [0.1, 0.15) is 5.82 Å². The van der Waals surface area contributed by atoms with Gasteiger partial charge in [0.25, 0.3) is 5.56 Å². The van der Waals surface area contributed by atoms with E-state index in [0.29, 0.717) is 44.8 Å². The molecule has 2 aromatic carbocycles. The van der Waals surface area contributed by atoms with Crippen molar-refractivity contribution >= 4 is 22.7 Å². The largest absolute Gasteiger partial charge is 0.338 e. The van der Waals surface area contributed by atoms with Crippen LogP contribution in [0.3, 0.4) is 0 Å². The number of halogens is 1. The van der Waals surface area contributed by atoms with Crippen LogP contribution >= 0.6 is 11.8 Å². The quantitative estimate of drug-likeness (QED) is 0.345. The third-order valence-corrected chi connectivity index (χ3v) is 5.39. The first-order valence-electron chi connectivity index (χ1n) is 9.29. The standard InChI is InChI=1S/C21H19FN4O2S/c1-3-6-18-24-19(28-25-18)12-29-21-23-17-8-5-4-7-15(17)20(27)26(21)14-10-9-13(2)16(22)11-14/h4-5,7-11H,3,6,12H2,1-2H3.